The molecule has 2 aromatic rings. The Morgan fingerprint density at radius 3 is 2.28 bits per heavy atom. The smallest absolute Gasteiger partial charge is 0.410 e. The number of ether oxygens (including phenoxy) is 3. The highest BCUT2D eigenvalue weighted by Gasteiger charge is 2.34. The Hall–Kier alpha value is -3.10. The number of aliphatic hydroxyl groups excluding tert-OH is 1. The lowest BCUT2D eigenvalue weighted by molar-refractivity contribution is -0.149. The monoisotopic (exact) mass is 494 g/mol. The van der Waals surface area contributed by atoms with Crippen molar-refractivity contribution in [3.05, 3.63) is 53.6 Å². The van der Waals surface area contributed by atoms with Crippen LogP contribution in [-0.4, -0.2) is 71.1 Å². The van der Waals surface area contributed by atoms with Crippen LogP contribution in [-0.2, 0) is 16.1 Å². The van der Waals surface area contributed by atoms with E-state index in [1.165, 1.54) is 0 Å². The van der Waals surface area contributed by atoms with E-state index in [1.54, 1.807) is 9.80 Å². The molecule has 3 aliphatic rings. The number of carbonyl (C=O) groups is 2. The van der Waals surface area contributed by atoms with E-state index in [2.05, 4.69) is 6.07 Å². The number of fused-ring (bicyclic) bond motifs is 1. The molecule has 0 saturated carbocycles. The molecule has 1 N–H and O–H groups in total. The van der Waals surface area contributed by atoms with E-state index < -0.39 is 11.7 Å². The highest BCUT2D eigenvalue weighted by molar-refractivity contribution is 5.95. The topological polar surface area (TPSA) is 88.5 Å². The second-order valence-electron chi connectivity index (χ2n) is 10.9. The first-order valence-corrected chi connectivity index (χ1v) is 12.6. The molecule has 0 radical (unpaired) electrons. The first kappa shape index (κ1) is 24.6. The largest absolute Gasteiger partial charge is 0.464 e. The van der Waals surface area contributed by atoms with Crippen molar-refractivity contribution in [1.82, 2.24) is 9.80 Å². The third-order valence-electron chi connectivity index (χ3n) is 6.90. The molecule has 0 aliphatic carbocycles. The number of aliphatic hydroxyl groups is 1. The second kappa shape index (κ2) is 9.75. The zero-order chi connectivity index (χ0) is 25.4. The minimum atomic E-state index is -0.496. The molecule has 3 heterocycles. The molecule has 8 heteroatoms. The van der Waals surface area contributed by atoms with Gasteiger partial charge in [0.15, 0.2) is 0 Å². The second-order valence-corrected chi connectivity index (χ2v) is 10.9. The highest BCUT2D eigenvalue weighted by atomic mass is 16.7. The maximum atomic E-state index is 12.4. The third kappa shape index (κ3) is 5.34. The molecule has 0 aromatic heterocycles. The maximum Gasteiger partial charge on any atom is 0.410 e. The number of likely N-dealkylation sites (tertiary alicyclic amines) is 2. The van der Waals surface area contributed by atoms with Crippen LogP contribution in [0.5, 0.6) is 5.75 Å². The summed E-state index contributed by atoms with van der Waals surface area (Å²) in [7, 11) is 0. The molecular formula is C28H34N2O6. The van der Waals surface area contributed by atoms with E-state index in [1.807, 2.05) is 57.2 Å². The molecule has 2 fully saturated rings. The van der Waals surface area contributed by atoms with E-state index in [9.17, 15) is 14.7 Å². The van der Waals surface area contributed by atoms with E-state index in [-0.39, 0.29) is 24.2 Å². The summed E-state index contributed by atoms with van der Waals surface area (Å²) in [6.45, 7) is 8.15. The van der Waals surface area contributed by atoms with E-state index in [0.717, 1.165) is 35.3 Å². The number of hydrogen-bond acceptors (Lipinski definition) is 6. The Bertz CT molecular complexity index is 1110. The van der Waals surface area contributed by atoms with Crippen LogP contribution in [0.1, 0.15) is 49.5 Å². The van der Waals surface area contributed by atoms with E-state index >= 15 is 0 Å². The number of nitrogens with zero attached hydrogens (tertiary/aromatic N) is 2. The molecule has 36 heavy (non-hydrogen) atoms. The quantitative estimate of drug-likeness (QED) is 0.693. The summed E-state index contributed by atoms with van der Waals surface area (Å²) in [6, 6.07) is 13.6. The van der Waals surface area contributed by atoms with Gasteiger partial charge in [0, 0.05) is 43.2 Å². The van der Waals surface area contributed by atoms with E-state index in [4.69, 9.17) is 14.2 Å². The van der Waals surface area contributed by atoms with Gasteiger partial charge in [0.2, 0.25) is 6.29 Å². The average molecular weight is 495 g/mol. The van der Waals surface area contributed by atoms with Gasteiger partial charge in [-0.3, -0.25) is 4.79 Å². The third-order valence-corrected chi connectivity index (χ3v) is 6.90. The van der Waals surface area contributed by atoms with Crippen LogP contribution in [0.15, 0.2) is 42.5 Å². The van der Waals surface area contributed by atoms with Crippen molar-refractivity contribution in [1.29, 1.82) is 0 Å². The zero-order valence-corrected chi connectivity index (χ0v) is 21.1. The fourth-order valence-corrected chi connectivity index (χ4v) is 4.84. The molecule has 2 amide bonds. The molecule has 192 valence electrons. The standard InChI is InChI=1S/C28H34N2O6/c1-28(2,3)36-27(33)29-12-10-20(11-13-29)26-34-17-22-14-21(8-9-24(22)35-26)18-4-6-19(7-5-18)25(32)30-15-23(31)16-30/h4-9,14,20,23,26,31H,10-13,15-17H2,1-3H3. The van der Waals surface area contributed by atoms with Crippen molar-refractivity contribution in [2.45, 2.75) is 58.2 Å². The van der Waals surface area contributed by atoms with Crippen molar-refractivity contribution in [3.63, 3.8) is 0 Å². The van der Waals surface area contributed by atoms with Crippen molar-refractivity contribution in [2.24, 2.45) is 5.92 Å². The number of β-amino-alcohol motifs (C(OH)–C–C–N with tert-alkyl or cyclic N) is 1. The molecule has 1 atom stereocenters. The van der Waals surface area contributed by atoms with Crippen LogP contribution in [0.25, 0.3) is 11.1 Å². The molecule has 0 bridgehead atoms. The number of amides is 2. The summed E-state index contributed by atoms with van der Waals surface area (Å²) in [6.07, 6.45) is 0.616. The summed E-state index contributed by atoms with van der Waals surface area (Å²) >= 11 is 0. The van der Waals surface area contributed by atoms with Gasteiger partial charge in [0.1, 0.15) is 11.4 Å². The Morgan fingerprint density at radius 1 is 0.972 bits per heavy atom. The van der Waals surface area contributed by atoms with E-state index in [0.29, 0.717) is 38.3 Å². The van der Waals surface area contributed by atoms with Crippen LogP contribution in [0.4, 0.5) is 4.79 Å². The minimum Gasteiger partial charge on any atom is -0.464 e. The molecule has 0 spiro atoms. The summed E-state index contributed by atoms with van der Waals surface area (Å²) in [5.41, 5.74) is 3.16. The van der Waals surface area contributed by atoms with Crippen LogP contribution in [0.2, 0.25) is 0 Å². The zero-order valence-electron chi connectivity index (χ0n) is 21.1. The van der Waals surface area contributed by atoms with Gasteiger partial charge >= 0.3 is 6.09 Å². The number of benzene rings is 2. The number of carbonyl (C=O) groups excluding carboxylic acids is 2. The highest BCUT2D eigenvalue weighted by Crippen LogP contribution is 2.35. The normalized spacial score (nSPS) is 20.8. The molecular weight excluding hydrogens is 460 g/mol. The maximum absolute atomic E-state index is 12.4. The van der Waals surface area contributed by atoms with Gasteiger partial charge in [0.05, 0.1) is 12.7 Å². The summed E-state index contributed by atoms with van der Waals surface area (Å²) in [5, 5.41) is 9.43. The minimum absolute atomic E-state index is 0.0536. The van der Waals surface area contributed by atoms with Crippen molar-refractivity contribution >= 4 is 12.0 Å². The summed E-state index contributed by atoms with van der Waals surface area (Å²) in [4.78, 5) is 28.2. The fourth-order valence-electron chi connectivity index (χ4n) is 4.84. The first-order valence-electron chi connectivity index (χ1n) is 12.6. The van der Waals surface area contributed by atoms with Crippen LogP contribution >= 0.6 is 0 Å². The van der Waals surface area contributed by atoms with Crippen LogP contribution in [0.3, 0.4) is 0 Å². The summed E-state index contributed by atoms with van der Waals surface area (Å²) < 4.78 is 17.8. The van der Waals surface area contributed by atoms with Gasteiger partial charge in [-0.15, -0.1) is 0 Å². The Kier molecular flexibility index (Phi) is 6.66. The van der Waals surface area contributed by atoms with Crippen molar-refractivity contribution < 1.29 is 28.9 Å². The Morgan fingerprint density at radius 2 is 1.64 bits per heavy atom. The van der Waals surface area contributed by atoms with Crippen molar-refractivity contribution in [3.8, 4) is 16.9 Å². The van der Waals surface area contributed by atoms with Gasteiger partial charge in [-0.2, -0.15) is 0 Å². The lowest BCUT2D eigenvalue weighted by Crippen LogP contribution is -2.53. The van der Waals surface area contributed by atoms with Gasteiger partial charge in [-0.25, -0.2) is 4.79 Å². The van der Waals surface area contributed by atoms with Gasteiger partial charge in [-0.1, -0.05) is 18.2 Å². The molecule has 5 rings (SSSR count). The molecule has 8 nitrogen and oxygen atoms in total. The first-order chi connectivity index (χ1) is 17.2. The molecule has 1 unspecified atom stereocenters. The number of rotatable bonds is 3. The number of hydrogen-bond donors (Lipinski definition) is 1. The lowest BCUT2D eigenvalue weighted by atomic mass is 9.95. The molecule has 3 aliphatic heterocycles. The Balaban J connectivity index is 1.18. The molecule has 2 aromatic carbocycles. The predicted molar refractivity (Wildman–Crippen MR) is 134 cm³/mol. The lowest BCUT2D eigenvalue weighted by Gasteiger charge is -2.38. The predicted octanol–water partition coefficient (Wildman–Crippen LogP) is 4.05. The SMILES string of the molecule is CC(C)(C)OC(=O)N1CCC(C2OCc3cc(-c4ccc(C(=O)N5CC(O)C5)cc4)ccc3O2)CC1. The van der Waals surface area contributed by atoms with Gasteiger partial charge in [-0.05, 0) is 69.0 Å². The van der Waals surface area contributed by atoms with Gasteiger partial charge in [0.25, 0.3) is 5.91 Å². The molecule has 2 saturated heterocycles. The van der Waals surface area contributed by atoms with Crippen LogP contribution < -0.4 is 4.74 Å². The van der Waals surface area contributed by atoms with Crippen molar-refractivity contribution in [2.75, 3.05) is 26.2 Å². The van der Waals surface area contributed by atoms with Gasteiger partial charge < -0.3 is 29.1 Å². The van der Waals surface area contributed by atoms with Crippen LogP contribution in [0, 0.1) is 5.92 Å². The number of piperidine rings is 1. The average Bonchev–Trinajstić information content (AvgIpc) is 2.85. The summed E-state index contributed by atoms with van der Waals surface area (Å²) in [5.74, 6) is 0.990. The fraction of sp³-hybridized carbons (Fsp3) is 0.500. The Labute approximate surface area is 211 Å².